The first-order chi connectivity index (χ1) is 14.0. The third-order valence-corrected chi connectivity index (χ3v) is 8.27. The molecule has 0 unspecified atom stereocenters. The zero-order valence-corrected chi connectivity index (χ0v) is 20.9. The molecule has 1 aromatic rings. The molecule has 1 aliphatic carbocycles. The Bertz CT molecular complexity index is 930. The summed E-state index contributed by atoms with van der Waals surface area (Å²) in [7, 11) is -8.30. The molecule has 0 spiro atoms. The Kier molecular flexibility index (Phi) is 7.67. The second kappa shape index (κ2) is 9.21. The maximum atomic E-state index is 13.0. The summed E-state index contributed by atoms with van der Waals surface area (Å²) in [4.78, 5) is 11.7. The number of hydrogen-bond acceptors (Lipinski definition) is 5. The van der Waals surface area contributed by atoms with Gasteiger partial charge in [-0.05, 0) is 54.4 Å². The average molecular weight is 477 g/mol. The van der Waals surface area contributed by atoms with Crippen LogP contribution in [0.1, 0.15) is 73.6 Å². The zero-order chi connectivity index (χ0) is 23.7. The van der Waals surface area contributed by atoms with Gasteiger partial charge in [-0.2, -0.15) is 0 Å². The van der Waals surface area contributed by atoms with Gasteiger partial charge in [-0.25, -0.2) is 26.3 Å². The van der Waals surface area contributed by atoms with Gasteiger partial charge < -0.3 is 9.88 Å². The first-order valence-corrected chi connectivity index (χ1v) is 13.5. The molecule has 178 valence electrons. The van der Waals surface area contributed by atoms with Crippen molar-refractivity contribution in [2.45, 2.75) is 107 Å². The van der Waals surface area contributed by atoms with Gasteiger partial charge in [-0.15, -0.1) is 0 Å². The van der Waals surface area contributed by atoms with Crippen LogP contribution in [0.2, 0.25) is 0 Å². The number of rotatable bonds is 7. The van der Waals surface area contributed by atoms with Crippen LogP contribution in [0.5, 0.6) is 0 Å². The second-order valence-electron chi connectivity index (χ2n) is 10.3. The van der Waals surface area contributed by atoms with Crippen molar-refractivity contribution in [3.8, 4) is 0 Å². The van der Waals surface area contributed by atoms with Crippen LogP contribution in [0.3, 0.4) is 0 Å². The van der Waals surface area contributed by atoms with E-state index in [1.807, 2.05) is 0 Å². The molecule has 1 aromatic heterocycles. The highest BCUT2D eigenvalue weighted by atomic mass is 32.2. The van der Waals surface area contributed by atoms with Crippen LogP contribution < -0.4 is 14.8 Å². The monoisotopic (exact) mass is 476 g/mol. The lowest BCUT2D eigenvalue weighted by atomic mass is 9.95. The Labute approximate surface area is 186 Å². The lowest BCUT2D eigenvalue weighted by Crippen LogP contribution is -2.43. The molecule has 1 fully saturated rings. The van der Waals surface area contributed by atoms with Crippen LogP contribution in [-0.2, 0) is 31.4 Å². The summed E-state index contributed by atoms with van der Waals surface area (Å²) in [6.07, 6.45) is 7.53. The van der Waals surface area contributed by atoms with Crippen molar-refractivity contribution in [3.63, 3.8) is 0 Å². The van der Waals surface area contributed by atoms with Gasteiger partial charge in [0.2, 0.25) is 26.0 Å². The topological polar surface area (TPSA) is 126 Å². The van der Waals surface area contributed by atoms with E-state index in [2.05, 4.69) is 14.8 Å². The number of hydrogen-bond donors (Lipinski definition) is 3. The van der Waals surface area contributed by atoms with Gasteiger partial charge in [0, 0.05) is 29.5 Å². The van der Waals surface area contributed by atoms with Crippen LogP contribution in [0.25, 0.3) is 0 Å². The summed E-state index contributed by atoms with van der Waals surface area (Å²) >= 11 is 0. The first kappa shape index (κ1) is 25.8. The van der Waals surface area contributed by atoms with E-state index in [4.69, 9.17) is 0 Å². The fraction of sp³-hybridized carbons (Fsp3) is 0.750. The van der Waals surface area contributed by atoms with Crippen LogP contribution in [-0.4, -0.2) is 44.4 Å². The minimum atomic E-state index is -4.15. The Morgan fingerprint density at radius 2 is 1.29 bits per heavy atom. The first-order valence-electron chi connectivity index (χ1n) is 10.6. The van der Waals surface area contributed by atoms with Crippen molar-refractivity contribution in [2.75, 3.05) is 0 Å². The molecule has 2 rings (SSSR count). The van der Waals surface area contributed by atoms with Crippen molar-refractivity contribution < 1.29 is 21.6 Å². The molecule has 9 nitrogen and oxygen atoms in total. The Morgan fingerprint density at radius 3 is 1.68 bits per heavy atom. The lowest BCUT2D eigenvalue weighted by molar-refractivity contribution is -0.122. The standard InChI is InChI=1S/C20H36N4O5S2/c1-19(2,3)22-30(26,27)16-12-24(13-17(16)31(28,29)23-20(4,5)6)14-18(25)21-15-10-8-7-9-11-15/h12-13,15,22-23H,7-11,14H2,1-6H3,(H,21,25). The lowest BCUT2D eigenvalue weighted by Gasteiger charge is -2.22. The molecule has 0 radical (unpaired) electrons. The fourth-order valence-corrected chi connectivity index (χ4v) is 7.24. The van der Waals surface area contributed by atoms with Crippen molar-refractivity contribution in [2.24, 2.45) is 0 Å². The Balaban J connectivity index is 2.38. The van der Waals surface area contributed by atoms with Gasteiger partial charge in [-0.3, -0.25) is 4.79 Å². The van der Waals surface area contributed by atoms with E-state index in [1.54, 1.807) is 41.5 Å². The molecule has 0 aromatic carbocycles. The van der Waals surface area contributed by atoms with Crippen LogP contribution in [0, 0.1) is 0 Å². The maximum absolute atomic E-state index is 13.0. The van der Waals surface area contributed by atoms with Gasteiger partial charge in [0.1, 0.15) is 16.3 Å². The maximum Gasteiger partial charge on any atom is 0.243 e. The number of amides is 1. The number of carbonyl (C=O) groups excluding carboxylic acids is 1. The van der Waals surface area contributed by atoms with E-state index in [0.717, 1.165) is 32.1 Å². The van der Waals surface area contributed by atoms with Crippen molar-refractivity contribution in [1.29, 1.82) is 0 Å². The number of nitrogens with one attached hydrogen (secondary N) is 3. The predicted octanol–water partition coefficient (Wildman–Crippen LogP) is 2.09. The highest BCUT2D eigenvalue weighted by Gasteiger charge is 2.33. The van der Waals surface area contributed by atoms with Crippen LogP contribution in [0.4, 0.5) is 0 Å². The van der Waals surface area contributed by atoms with Crippen LogP contribution in [0.15, 0.2) is 22.2 Å². The summed E-state index contributed by atoms with van der Waals surface area (Å²) in [5.41, 5.74) is -1.62. The second-order valence-corrected chi connectivity index (χ2v) is 13.6. The van der Waals surface area contributed by atoms with E-state index in [0.29, 0.717) is 0 Å². The van der Waals surface area contributed by atoms with Gasteiger partial charge in [0.05, 0.1) is 0 Å². The summed E-state index contributed by atoms with van der Waals surface area (Å²) in [5, 5.41) is 2.96. The normalized spacial score (nSPS) is 17.0. The molecule has 1 amide bonds. The highest BCUT2D eigenvalue weighted by molar-refractivity contribution is 7.92. The van der Waals surface area contributed by atoms with E-state index >= 15 is 0 Å². The summed E-state index contributed by atoms with van der Waals surface area (Å²) in [5.74, 6) is -0.276. The molecule has 0 atom stereocenters. The molecule has 11 heteroatoms. The molecule has 3 N–H and O–H groups in total. The summed E-state index contributed by atoms with van der Waals surface area (Å²) in [6, 6.07) is 0.105. The number of nitrogens with zero attached hydrogens (tertiary/aromatic N) is 1. The quantitative estimate of drug-likeness (QED) is 0.555. The van der Waals surface area contributed by atoms with Gasteiger partial charge in [0.15, 0.2) is 0 Å². The van der Waals surface area contributed by atoms with Gasteiger partial charge >= 0.3 is 0 Å². The zero-order valence-electron chi connectivity index (χ0n) is 19.3. The third kappa shape index (κ3) is 7.89. The summed E-state index contributed by atoms with van der Waals surface area (Å²) in [6.45, 7) is 9.84. The number of aromatic nitrogens is 1. The third-order valence-electron chi connectivity index (χ3n) is 4.57. The van der Waals surface area contributed by atoms with Crippen molar-refractivity contribution >= 4 is 26.0 Å². The van der Waals surface area contributed by atoms with Gasteiger partial charge in [-0.1, -0.05) is 19.3 Å². The van der Waals surface area contributed by atoms with E-state index in [1.165, 1.54) is 17.0 Å². The Morgan fingerprint density at radius 1 is 0.871 bits per heavy atom. The molecule has 31 heavy (non-hydrogen) atoms. The smallest absolute Gasteiger partial charge is 0.243 e. The number of carbonyl (C=O) groups is 1. The fourth-order valence-electron chi connectivity index (χ4n) is 3.56. The highest BCUT2D eigenvalue weighted by Crippen LogP contribution is 2.25. The van der Waals surface area contributed by atoms with E-state index < -0.39 is 31.1 Å². The Hall–Kier alpha value is -1.43. The van der Waals surface area contributed by atoms with Crippen molar-refractivity contribution in [3.05, 3.63) is 12.4 Å². The van der Waals surface area contributed by atoms with E-state index in [9.17, 15) is 21.6 Å². The molecule has 1 heterocycles. The minimum absolute atomic E-state index is 0.105. The molecular formula is C20H36N4O5S2. The van der Waals surface area contributed by atoms with Crippen molar-refractivity contribution in [1.82, 2.24) is 19.3 Å². The molecule has 0 bridgehead atoms. The largest absolute Gasteiger partial charge is 0.352 e. The number of sulfonamides is 2. The van der Waals surface area contributed by atoms with Gasteiger partial charge in [0.25, 0.3) is 0 Å². The molecular weight excluding hydrogens is 440 g/mol. The minimum Gasteiger partial charge on any atom is -0.352 e. The molecule has 0 saturated heterocycles. The SMILES string of the molecule is CC(C)(C)NS(=O)(=O)c1cn(CC(=O)NC2CCCCC2)cc1S(=O)(=O)NC(C)(C)C. The van der Waals surface area contributed by atoms with E-state index in [-0.39, 0.29) is 28.3 Å². The summed E-state index contributed by atoms with van der Waals surface area (Å²) < 4.78 is 58.2. The molecule has 1 saturated carbocycles. The average Bonchev–Trinajstić information content (AvgIpc) is 2.97. The predicted molar refractivity (Wildman–Crippen MR) is 120 cm³/mol. The molecule has 0 aliphatic heterocycles. The molecule has 1 aliphatic rings. The van der Waals surface area contributed by atoms with Crippen LogP contribution >= 0.6 is 0 Å².